The molecule has 1 atom stereocenters. The minimum absolute atomic E-state index is 0.0660. The SMILES string of the molecule is CC1(C)CCN(CCC(Oc2cccc(I)c2)c2ccc(F)cc2)CC1. The molecule has 1 aliphatic rings. The molecule has 0 aliphatic carbocycles. The van der Waals surface area contributed by atoms with E-state index in [-0.39, 0.29) is 11.9 Å². The smallest absolute Gasteiger partial charge is 0.125 e. The zero-order chi connectivity index (χ0) is 18.6. The van der Waals surface area contributed by atoms with Gasteiger partial charge in [0.25, 0.3) is 0 Å². The summed E-state index contributed by atoms with van der Waals surface area (Å²) in [7, 11) is 0. The molecule has 1 heterocycles. The molecule has 0 N–H and O–H groups in total. The van der Waals surface area contributed by atoms with Gasteiger partial charge in [-0.05, 0) is 89.8 Å². The summed E-state index contributed by atoms with van der Waals surface area (Å²) in [6.45, 7) is 8.00. The summed E-state index contributed by atoms with van der Waals surface area (Å²) in [5, 5.41) is 0. The van der Waals surface area contributed by atoms with Gasteiger partial charge in [0.2, 0.25) is 0 Å². The van der Waals surface area contributed by atoms with Gasteiger partial charge < -0.3 is 9.64 Å². The molecular formula is C22H27FINO. The van der Waals surface area contributed by atoms with Crippen molar-refractivity contribution in [1.82, 2.24) is 4.90 Å². The van der Waals surface area contributed by atoms with Gasteiger partial charge in [0.05, 0.1) is 0 Å². The molecule has 26 heavy (non-hydrogen) atoms. The van der Waals surface area contributed by atoms with Gasteiger partial charge in [-0.15, -0.1) is 0 Å². The molecule has 2 aromatic carbocycles. The van der Waals surface area contributed by atoms with E-state index in [1.165, 1.54) is 25.0 Å². The lowest BCUT2D eigenvalue weighted by molar-refractivity contribution is 0.109. The number of piperidine rings is 1. The van der Waals surface area contributed by atoms with Gasteiger partial charge in [0, 0.05) is 16.5 Å². The highest BCUT2D eigenvalue weighted by Crippen LogP contribution is 2.31. The summed E-state index contributed by atoms with van der Waals surface area (Å²) < 4.78 is 20.8. The van der Waals surface area contributed by atoms with E-state index in [2.05, 4.69) is 47.4 Å². The summed E-state index contributed by atoms with van der Waals surface area (Å²) >= 11 is 2.29. The number of benzene rings is 2. The van der Waals surface area contributed by atoms with Crippen molar-refractivity contribution in [1.29, 1.82) is 0 Å². The van der Waals surface area contributed by atoms with Gasteiger partial charge in [0.15, 0.2) is 0 Å². The predicted octanol–water partition coefficient (Wildman–Crippen LogP) is 6.06. The third kappa shape index (κ3) is 5.68. The molecule has 1 unspecified atom stereocenters. The second kappa shape index (κ2) is 8.70. The molecule has 4 heteroatoms. The van der Waals surface area contributed by atoms with Crippen LogP contribution < -0.4 is 4.74 Å². The molecule has 1 aliphatic heterocycles. The minimum Gasteiger partial charge on any atom is -0.486 e. The Bertz CT molecular complexity index is 706. The zero-order valence-electron chi connectivity index (χ0n) is 15.6. The maximum atomic E-state index is 13.3. The van der Waals surface area contributed by atoms with E-state index in [0.29, 0.717) is 5.41 Å². The number of rotatable bonds is 6. The van der Waals surface area contributed by atoms with Crippen molar-refractivity contribution in [3.63, 3.8) is 0 Å². The molecule has 0 amide bonds. The maximum Gasteiger partial charge on any atom is 0.125 e. The second-order valence-corrected chi connectivity index (χ2v) is 9.16. The van der Waals surface area contributed by atoms with Crippen molar-refractivity contribution >= 4 is 22.6 Å². The third-order valence-electron chi connectivity index (χ3n) is 5.23. The number of hydrogen-bond acceptors (Lipinski definition) is 2. The number of halogens is 2. The third-order valence-corrected chi connectivity index (χ3v) is 5.90. The van der Waals surface area contributed by atoms with E-state index in [1.54, 1.807) is 0 Å². The van der Waals surface area contributed by atoms with E-state index >= 15 is 0 Å². The Morgan fingerprint density at radius 2 is 1.81 bits per heavy atom. The van der Waals surface area contributed by atoms with Crippen molar-refractivity contribution in [3.8, 4) is 5.75 Å². The molecular weight excluding hydrogens is 440 g/mol. The highest BCUT2D eigenvalue weighted by molar-refractivity contribution is 14.1. The fourth-order valence-electron chi connectivity index (χ4n) is 3.36. The van der Waals surface area contributed by atoms with Crippen molar-refractivity contribution in [3.05, 3.63) is 63.5 Å². The minimum atomic E-state index is -0.208. The highest BCUT2D eigenvalue weighted by atomic mass is 127. The van der Waals surface area contributed by atoms with Crippen LogP contribution in [0.4, 0.5) is 4.39 Å². The number of hydrogen-bond donors (Lipinski definition) is 0. The van der Waals surface area contributed by atoms with Gasteiger partial charge in [-0.25, -0.2) is 4.39 Å². The Hall–Kier alpha value is -1.14. The van der Waals surface area contributed by atoms with Gasteiger partial charge in [-0.1, -0.05) is 32.0 Å². The maximum absolute atomic E-state index is 13.3. The fraction of sp³-hybridized carbons (Fsp3) is 0.455. The molecule has 1 saturated heterocycles. The van der Waals surface area contributed by atoms with E-state index in [4.69, 9.17) is 4.74 Å². The quantitative estimate of drug-likeness (QED) is 0.479. The molecule has 2 aromatic rings. The molecule has 0 radical (unpaired) electrons. The van der Waals surface area contributed by atoms with Crippen LogP contribution in [0.3, 0.4) is 0 Å². The highest BCUT2D eigenvalue weighted by Gasteiger charge is 2.26. The van der Waals surface area contributed by atoms with E-state index in [9.17, 15) is 4.39 Å². The Morgan fingerprint density at radius 3 is 2.46 bits per heavy atom. The molecule has 2 nitrogen and oxygen atoms in total. The molecule has 0 spiro atoms. The van der Waals surface area contributed by atoms with E-state index in [0.717, 1.165) is 40.9 Å². The Kier molecular flexibility index (Phi) is 6.56. The van der Waals surface area contributed by atoms with Crippen LogP contribution in [0.15, 0.2) is 48.5 Å². The lowest BCUT2D eigenvalue weighted by atomic mass is 9.82. The second-order valence-electron chi connectivity index (χ2n) is 7.91. The first-order chi connectivity index (χ1) is 12.4. The van der Waals surface area contributed by atoms with Crippen LogP contribution in [0.5, 0.6) is 5.75 Å². The van der Waals surface area contributed by atoms with Crippen molar-refractivity contribution < 1.29 is 9.13 Å². The molecule has 0 bridgehead atoms. The Labute approximate surface area is 169 Å². The number of ether oxygens (including phenoxy) is 1. The van der Waals surface area contributed by atoms with Crippen LogP contribution in [0.2, 0.25) is 0 Å². The molecule has 140 valence electrons. The van der Waals surface area contributed by atoms with E-state index in [1.807, 2.05) is 30.3 Å². The van der Waals surface area contributed by atoms with Crippen molar-refractivity contribution in [2.75, 3.05) is 19.6 Å². The Balaban J connectivity index is 1.67. The zero-order valence-corrected chi connectivity index (χ0v) is 17.7. The van der Waals surface area contributed by atoms with Crippen LogP contribution in [0, 0.1) is 14.8 Å². The summed E-state index contributed by atoms with van der Waals surface area (Å²) in [5.74, 6) is 0.658. The first kappa shape index (κ1) is 19.6. The average molecular weight is 467 g/mol. The normalized spacial score (nSPS) is 18.5. The molecule has 0 saturated carbocycles. The first-order valence-electron chi connectivity index (χ1n) is 9.31. The number of likely N-dealkylation sites (tertiary alicyclic amines) is 1. The van der Waals surface area contributed by atoms with Crippen LogP contribution in [-0.4, -0.2) is 24.5 Å². The topological polar surface area (TPSA) is 12.5 Å². The predicted molar refractivity (Wildman–Crippen MR) is 113 cm³/mol. The summed E-state index contributed by atoms with van der Waals surface area (Å²) in [6.07, 6.45) is 3.32. The average Bonchev–Trinajstić information content (AvgIpc) is 2.60. The van der Waals surface area contributed by atoms with Crippen LogP contribution in [-0.2, 0) is 0 Å². The number of nitrogens with zero attached hydrogens (tertiary/aromatic N) is 1. The van der Waals surface area contributed by atoms with Gasteiger partial charge in [-0.3, -0.25) is 0 Å². The standard InChI is InChI=1S/C22H27FINO/c1-22(2)11-14-25(15-12-22)13-10-21(17-6-8-18(23)9-7-17)26-20-5-3-4-19(24)16-20/h3-9,16,21H,10-15H2,1-2H3. The van der Waals surface area contributed by atoms with Gasteiger partial charge >= 0.3 is 0 Å². The van der Waals surface area contributed by atoms with Crippen LogP contribution in [0.1, 0.15) is 44.8 Å². The molecule has 3 rings (SSSR count). The summed E-state index contributed by atoms with van der Waals surface area (Å²) in [4.78, 5) is 2.53. The fourth-order valence-corrected chi connectivity index (χ4v) is 3.87. The summed E-state index contributed by atoms with van der Waals surface area (Å²) in [6, 6.07) is 14.8. The van der Waals surface area contributed by atoms with E-state index < -0.39 is 0 Å². The Morgan fingerprint density at radius 1 is 1.12 bits per heavy atom. The van der Waals surface area contributed by atoms with Crippen molar-refractivity contribution in [2.45, 2.75) is 39.2 Å². The lowest BCUT2D eigenvalue weighted by Gasteiger charge is -2.37. The van der Waals surface area contributed by atoms with Gasteiger partial charge in [-0.2, -0.15) is 0 Å². The summed E-state index contributed by atoms with van der Waals surface area (Å²) in [5.41, 5.74) is 1.49. The van der Waals surface area contributed by atoms with Gasteiger partial charge in [0.1, 0.15) is 17.7 Å². The van der Waals surface area contributed by atoms with Crippen LogP contribution in [0.25, 0.3) is 0 Å². The van der Waals surface area contributed by atoms with Crippen molar-refractivity contribution in [2.24, 2.45) is 5.41 Å². The molecule has 0 aromatic heterocycles. The molecule has 1 fully saturated rings. The van der Waals surface area contributed by atoms with Crippen LogP contribution >= 0.6 is 22.6 Å². The largest absolute Gasteiger partial charge is 0.486 e. The monoisotopic (exact) mass is 467 g/mol. The lowest BCUT2D eigenvalue weighted by Crippen LogP contribution is -2.38. The first-order valence-corrected chi connectivity index (χ1v) is 10.4.